The number of nitrogens with zero attached hydrogens (tertiary/aromatic N) is 2. The van der Waals surface area contributed by atoms with Gasteiger partial charge in [-0.2, -0.15) is 0 Å². The van der Waals surface area contributed by atoms with E-state index in [0.717, 1.165) is 22.5 Å². The van der Waals surface area contributed by atoms with Crippen molar-refractivity contribution in [1.82, 2.24) is 0 Å². The quantitative estimate of drug-likeness (QED) is 0.582. The Morgan fingerprint density at radius 2 is 1.57 bits per heavy atom. The molecule has 30 heavy (non-hydrogen) atoms. The number of anilines is 2. The fourth-order valence-electron chi connectivity index (χ4n) is 4.41. The van der Waals surface area contributed by atoms with Crippen molar-refractivity contribution in [3.05, 3.63) is 95.6 Å². The monoisotopic (exact) mass is 398 g/mol. The lowest BCUT2D eigenvalue weighted by Gasteiger charge is -2.43. The summed E-state index contributed by atoms with van der Waals surface area (Å²) in [6.45, 7) is 5.68. The van der Waals surface area contributed by atoms with Gasteiger partial charge in [0.25, 0.3) is 5.91 Å². The molecular weight excluding hydrogens is 372 g/mol. The van der Waals surface area contributed by atoms with E-state index in [0.29, 0.717) is 12.0 Å². The smallest absolute Gasteiger partial charge is 0.258 e. The molecular formula is C26H26N2O2. The van der Waals surface area contributed by atoms with E-state index in [1.165, 1.54) is 0 Å². The van der Waals surface area contributed by atoms with E-state index >= 15 is 0 Å². The van der Waals surface area contributed by atoms with Crippen LogP contribution in [0, 0.1) is 6.92 Å². The molecule has 0 spiro atoms. The van der Waals surface area contributed by atoms with Crippen LogP contribution in [0.15, 0.2) is 78.9 Å². The maximum atomic E-state index is 13.7. The maximum absolute atomic E-state index is 13.7. The van der Waals surface area contributed by atoms with Crippen molar-refractivity contribution < 1.29 is 9.59 Å². The maximum Gasteiger partial charge on any atom is 0.258 e. The second-order valence-electron chi connectivity index (χ2n) is 7.93. The number of hydrogen-bond acceptors (Lipinski definition) is 2. The van der Waals surface area contributed by atoms with Gasteiger partial charge in [-0.25, -0.2) is 0 Å². The highest BCUT2D eigenvalue weighted by Crippen LogP contribution is 2.43. The summed E-state index contributed by atoms with van der Waals surface area (Å²) < 4.78 is 0. The molecule has 1 aliphatic heterocycles. The largest absolute Gasteiger partial charge is 0.309 e. The van der Waals surface area contributed by atoms with E-state index in [9.17, 15) is 9.59 Å². The molecule has 0 unspecified atom stereocenters. The molecule has 3 aromatic carbocycles. The lowest BCUT2D eigenvalue weighted by atomic mass is 9.88. The fourth-order valence-corrected chi connectivity index (χ4v) is 4.41. The number of rotatable bonds is 3. The molecule has 3 aromatic rings. The Labute approximate surface area is 177 Å². The van der Waals surface area contributed by atoms with Gasteiger partial charge in [-0.1, -0.05) is 48.5 Å². The Balaban J connectivity index is 1.88. The first-order valence-corrected chi connectivity index (χ1v) is 10.3. The van der Waals surface area contributed by atoms with Crippen LogP contribution in [0.4, 0.5) is 11.4 Å². The van der Waals surface area contributed by atoms with Gasteiger partial charge in [-0.05, 0) is 61.7 Å². The van der Waals surface area contributed by atoms with E-state index < -0.39 is 0 Å². The van der Waals surface area contributed by atoms with Crippen molar-refractivity contribution in [2.24, 2.45) is 0 Å². The molecule has 2 atom stereocenters. The second kappa shape index (κ2) is 8.15. The second-order valence-corrected chi connectivity index (χ2v) is 7.93. The van der Waals surface area contributed by atoms with Gasteiger partial charge in [-0.3, -0.25) is 9.59 Å². The van der Waals surface area contributed by atoms with Gasteiger partial charge >= 0.3 is 0 Å². The highest BCUT2D eigenvalue weighted by Gasteiger charge is 2.38. The Bertz CT molecular complexity index is 1060. The summed E-state index contributed by atoms with van der Waals surface area (Å²) in [4.78, 5) is 29.9. The van der Waals surface area contributed by atoms with Crippen molar-refractivity contribution in [1.29, 1.82) is 0 Å². The summed E-state index contributed by atoms with van der Waals surface area (Å²) in [5.41, 5.74) is 4.49. The molecule has 0 aliphatic carbocycles. The lowest BCUT2D eigenvalue weighted by Crippen LogP contribution is -2.47. The minimum absolute atomic E-state index is 0.0171. The number of amides is 2. The summed E-state index contributed by atoms with van der Waals surface area (Å²) in [6, 6.07) is 25.1. The van der Waals surface area contributed by atoms with Crippen LogP contribution in [0.25, 0.3) is 0 Å². The van der Waals surface area contributed by atoms with Gasteiger partial charge in [0.15, 0.2) is 0 Å². The van der Waals surface area contributed by atoms with E-state index in [-0.39, 0.29) is 23.9 Å². The first-order valence-electron chi connectivity index (χ1n) is 10.3. The molecule has 0 aromatic heterocycles. The van der Waals surface area contributed by atoms with E-state index in [1.54, 1.807) is 6.92 Å². The van der Waals surface area contributed by atoms with Gasteiger partial charge in [0.05, 0.1) is 6.04 Å². The highest BCUT2D eigenvalue weighted by atomic mass is 16.2. The third-order valence-corrected chi connectivity index (χ3v) is 5.73. The van der Waals surface area contributed by atoms with Crippen molar-refractivity contribution in [2.75, 3.05) is 9.80 Å². The highest BCUT2D eigenvalue weighted by molar-refractivity contribution is 6.07. The van der Waals surface area contributed by atoms with Crippen LogP contribution < -0.4 is 9.80 Å². The van der Waals surface area contributed by atoms with Crippen LogP contribution in [0.1, 0.15) is 47.8 Å². The van der Waals surface area contributed by atoms with E-state index in [2.05, 4.69) is 25.1 Å². The lowest BCUT2D eigenvalue weighted by molar-refractivity contribution is -0.117. The number of aryl methyl sites for hydroxylation is 1. The van der Waals surface area contributed by atoms with Gasteiger partial charge in [0, 0.05) is 29.9 Å². The summed E-state index contributed by atoms with van der Waals surface area (Å²) in [6.07, 6.45) is 0.670. The molecule has 4 nitrogen and oxygen atoms in total. The topological polar surface area (TPSA) is 40.6 Å². The zero-order chi connectivity index (χ0) is 21.3. The predicted octanol–water partition coefficient (Wildman–Crippen LogP) is 5.53. The first-order chi connectivity index (χ1) is 14.5. The SMILES string of the molecule is CC(=O)N1c2cc(C)ccc2[C@@H](N(C(=O)c2ccccc2)c2ccccc2)C[C@H]1C. The van der Waals surface area contributed by atoms with Crippen LogP contribution in [0.2, 0.25) is 0 Å². The number of para-hydroxylation sites is 1. The molecule has 4 heteroatoms. The van der Waals surface area contributed by atoms with Crippen LogP contribution in [-0.2, 0) is 4.79 Å². The third-order valence-electron chi connectivity index (χ3n) is 5.73. The Morgan fingerprint density at radius 1 is 0.933 bits per heavy atom. The van der Waals surface area contributed by atoms with Crippen molar-refractivity contribution in [3.8, 4) is 0 Å². The summed E-state index contributed by atoms with van der Waals surface area (Å²) in [5.74, 6) is -0.0183. The molecule has 0 saturated heterocycles. The van der Waals surface area contributed by atoms with Crippen LogP contribution in [-0.4, -0.2) is 17.9 Å². The normalized spacial score (nSPS) is 17.9. The molecule has 2 amide bonds. The third kappa shape index (κ3) is 3.61. The predicted molar refractivity (Wildman–Crippen MR) is 121 cm³/mol. The molecule has 0 saturated carbocycles. The van der Waals surface area contributed by atoms with Gasteiger partial charge < -0.3 is 9.80 Å². The minimum atomic E-state index is -0.165. The van der Waals surface area contributed by atoms with Gasteiger partial charge in [0.1, 0.15) is 0 Å². The van der Waals surface area contributed by atoms with Gasteiger partial charge in [-0.15, -0.1) is 0 Å². The molecule has 0 N–H and O–H groups in total. The number of benzene rings is 3. The Hall–Kier alpha value is -3.40. The minimum Gasteiger partial charge on any atom is -0.309 e. The zero-order valence-electron chi connectivity index (χ0n) is 17.6. The van der Waals surface area contributed by atoms with Gasteiger partial charge in [0.2, 0.25) is 5.91 Å². The summed E-state index contributed by atoms with van der Waals surface area (Å²) in [5, 5.41) is 0. The fraction of sp³-hybridized carbons (Fsp3) is 0.231. The Morgan fingerprint density at radius 3 is 2.20 bits per heavy atom. The number of hydrogen-bond donors (Lipinski definition) is 0. The summed E-state index contributed by atoms with van der Waals surface area (Å²) in [7, 11) is 0. The molecule has 4 rings (SSSR count). The number of carbonyl (C=O) groups excluding carboxylic acids is 2. The molecule has 1 heterocycles. The molecule has 0 radical (unpaired) electrons. The van der Waals surface area contributed by atoms with Crippen LogP contribution in [0.5, 0.6) is 0 Å². The van der Waals surface area contributed by atoms with Crippen molar-refractivity contribution in [2.45, 2.75) is 39.3 Å². The molecule has 152 valence electrons. The van der Waals surface area contributed by atoms with E-state index in [1.807, 2.05) is 77.4 Å². The van der Waals surface area contributed by atoms with Crippen LogP contribution >= 0.6 is 0 Å². The van der Waals surface area contributed by atoms with Crippen LogP contribution in [0.3, 0.4) is 0 Å². The van der Waals surface area contributed by atoms with Crippen molar-refractivity contribution >= 4 is 23.2 Å². The average Bonchev–Trinajstić information content (AvgIpc) is 2.74. The molecule has 0 bridgehead atoms. The molecule has 0 fully saturated rings. The zero-order valence-corrected chi connectivity index (χ0v) is 17.6. The standard InChI is InChI=1S/C26H26N2O2/c1-18-14-15-23-24(16-18)27(20(3)29)19(2)17-25(23)28(22-12-8-5-9-13-22)26(30)21-10-6-4-7-11-21/h4-16,19,25H,17H2,1-3H3/t19-,25+/m1/s1. The Kier molecular flexibility index (Phi) is 5.40. The number of carbonyl (C=O) groups is 2. The summed E-state index contributed by atoms with van der Waals surface area (Å²) >= 11 is 0. The van der Waals surface area contributed by atoms with Crippen molar-refractivity contribution in [3.63, 3.8) is 0 Å². The van der Waals surface area contributed by atoms with E-state index in [4.69, 9.17) is 0 Å². The molecule has 1 aliphatic rings. The average molecular weight is 399 g/mol. The first kappa shape index (κ1) is 19.9. The number of fused-ring (bicyclic) bond motifs is 1.